The molecule has 1 unspecified atom stereocenters. The number of methoxy groups -OCH3 is 2. The van der Waals surface area contributed by atoms with E-state index in [1.165, 1.54) is 26.4 Å². The van der Waals surface area contributed by atoms with Crippen LogP contribution in [0.5, 0.6) is 5.75 Å². The van der Waals surface area contributed by atoms with Crippen LogP contribution in [0, 0.1) is 17.0 Å². The zero-order valence-electron chi connectivity index (χ0n) is 24.7. The second-order valence-electron chi connectivity index (χ2n) is 10.8. The van der Waals surface area contributed by atoms with Gasteiger partial charge in [0.2, 0.25) is 5.91 Å². The van der Waals surface area contributed by atoms with E-state index in [2.05, 4.69) is 12.2 Å². The van der Waals surface area contributed by atoms with Gasteiger partial charge in [0.25, 0.3) is 0 Å². The molecule has 1 fully saturated rings. The monoisotopic (exact) mass is 575 g/mol. The number of benzene rings is 1. The van der Waals surface area contributed by atoms with Gasteiger partial charge in [-0.3, -0.25) is 14.8 Å². The lowest BCUT2D eigenvalue weighted by Crippen LogP contribution is -2.43. The number of amides is 1. The van der Waals surface area contributed by atoms with Crippen LogP contribution in [-0.2, 0) is 25.5 Å². The van der Waals surface area contributed by atoms with Crippen LogP contribution in [0.4, 0.5) is 5.69 Å². The van der Waals surface area contributed by atoms with Crippen LogP contribution in [-0.4, -0.2) is 54.3 Å². The standard InChI is InChI=1S/C31H47N2O8/c1-4-5-8-11-24(34)17-15-23-16-18-28(35)25(23)12-9-6-7-10-13-30(36)32-26(31(37)41-3)20-22-14-19-29(40-2)27(21-22)33(38)39/h14-15,17,19,21,23-26,34,38H,4-13,16,18,20H2,1-3H3,(H,32,36)/q-1/b17-15+/t23-,24+,25+,26?/m0/s1. The molecule has 1 saturated carbocycles. The highest BCUT2D eigenvalue weighted by Crippen LogP contribution is 2.34. The van der Waals surface area contributed by atoms with Crippen LogP contribution in [0.1, 0.15) is 89.5 Å². The molecule has 1 aromatic rings. The molecule has 0 radical (unpaired) electrons. The second-order valence-corrected chi connectivity index (χ2v) is 10.8. The number of unbranched alkanes of at least 4 members (excludes halogenated alkanes) is 5. The number of carbonyl (C=O) groups is 3. The Kier molecular flexibility index (Phi) is 15.4. The van der Waals surface area contributed by atoms with E-state index in [4.69, 9.17) is 9.47 Å². The van der Waals surface area contributed by atoms with Gasteiger partial charge in [-0.2, -0.15) is 0 Å². The van der Waals surface area contributed by atoms with E-state index >= 15 is 0 Å². The van der Waals surface area contributed by atoms with Gasteiger partial charge in [-0.25, -0.2) is 4.79 Å². The molecule has 41 heavy (non-hydrogen) atoms. The number of hydrogen-bond acceptors (Lipinski definition) is 9. The van der Waals surface area contributed by atoms with E-state index < -0.39 is 18.1 Å². The van der Waals surface area contributed by atoms with Crippen molar-refractivity contribution in [2.45, 2.75) is 103 Å². The lowest BCUT2D eigenvalue weighted by atomic mass is 9.89. The third-order valence-corrected chi connectivity index (χ3v) is 7.72. The molecule has 0 spiro atoms. The molecule has 1 aromatic carbocycles. The van der Waals surface area contributed by atoms with E-state index in [1.807, 2.05) is 12.2 Å². The number of allylic oxidation sites excluding steroid dienone is 1. The highest BCUT2D eigenvalue weighted by molar-refractivity contribution is 5.85. The molecule has 10 nitrogen and oxygen atoms in total. The van der Waals surface area contributed by atoms with Crippen LogP contribution >= 0.6 is 0 Å². The Morgan fingerprint density at radius 1 is 1.17 bits per heavy atom. The summed E-state index contributed by atoms with van der Waals surface area (Å²) in [6.45, 7) is 2.14. The number of rotatable bonds is 19. The molecular formula is C31H47N2O8-. The van der Waals surface area contributed by atoms with Crippen molar-refractivity contribution in [3.63, 3.8) is 0 Å². The van der Waals surface area contributed by atoms with Crippen LogP contribution < -0.4 is 15.3 Å². The smallest absolute Gasteiger partial charge is 0.328 e. The van der Waals surface area contributed by atoms with Gasteiger partial charge in [0.1, 0.15) is 17.6 Å². The Balaban J connectivity index is 1.76. The summed E-state index contributed by atoms with van der Waals surface area (Å²) in [6, 6.07) is 3.58. The first-order chi connectivity index (χ1) is 19.7. The van der Waals surface area contributed by atoms with Crippen molar-refractivity contribution in [1.82, 2.24) is 5.32 Å². The Bertz CT molecular complexity index is 996. The van der Waals surface area contributed by atoms with Gasteiger partial charge in [-0.1, -0.05) is 63.7 Å². The molecule has 0 heterocycles. The SMILES string of the molecule is CCCCC[C@@H](O)/C=C/[C@H]1CCC(=O)[C@@H]1CCCCCCC(=O)NC(Cc1ccc(OC)c(N([O-])O)c1)C(=O)OC. The van der Waals surface area contributed by atoms with E-state index in [0.29, 0.717) is 24.2 Å². The fourth-order valence-electron chi connectivity index (χ4n) is 5.36. The van der Waals surface area contributed by atoms with Gasteiger partial charge in [0, 0.05) is 25.2 Å². The van der Waals surface area contributed by atoms with Gasteiger partial charge in [0.15, 0.2) is 0 Å². The number of aliphatic hydroxyl groups is 1. The first-order valence-corrected chi connectivity index (χ1v) is 14.8. The maximum atomic E-state index is 12.6. The zero-order valence-corrected chi connectivity index (χ0v) is 24.7. The Morgan fingerprint density at radius 2 is 1.93 bits per heavy atom. The van der Waals surface area contributed by atoms with Crippen molar-refractivity contribution in [1.29, 1.82) is 0 Å². The number of ketones is 1. The largest absolute Gasteiger partial charge is 0.733 e. The fourth-order valence-corrected chi connectivity index (χ4v) is 5.36. The highest BCUT2D eigenvalue weighted by Gasteiger charge is 2.32. The van der Waals surface area contributed by atoms with Crippen molar-refractivity contribution < 1.29 is 34.2 Å². The summed E-state index contributed by atoms with van der Waals surface area (Å²) in [5.41, 5.74) is 0.425. The first-order valence-electron chi connectivity index (χ1n) is 14.8. The summed E-state index contributed by atoms with van der Waals surface area (Å²) in [5.74, 6) is -0.214. The minimum absolute atomic E-state index is 0.0104. The van der Waals surface area contributed by atoms with Crippen molar-refractivity contribution in [2.75, 3.05) is 19.4 Å². The molecular weight excluding hydrogens is 528 g/mol. The number of carbonyl (C=O) groups excluding carboxylic acids is 3. The van der Waals surface area contributed by atoms with Crippen LogP contribution in [0.25, 0.3) is 0 Å². The van der Waals surface area contributed by atoms with Crippen LogP contribution in [0.15, 0.2) is 30.4 Å². The number of hydrogen-bond donors (Lipinski definition) is 3. The fraction of sp³-hybridized carbons (Fsp3) is 0.645. The molecule has 1 amide bonds. The number of anilines is 1. The number of nitrogens with zero attached hydrogens (tertiary/aromatic N) is 1. The highest BCUT2D eigenvalue weighted by atomic mass is 16.8. The van der Waals surface area contributed by atoms with E-state index in [9.17, 15) is 29.9 Å². The molecule has 0 aromatic heterocycles. The van der Waals surface area contributed by atoms with Crippen molar-refractivity contribution in [3.8, 4) is 5.75 Å². The summed E-state index contributed by atoms with van der Waals surface area (Å²) in [4.78, 5) is 37.3. The molecule has 1 aliphatic carbocycles. The molecule has 10 heteroatoms. The number of nitrogens with one attached hydrogen (secondary N) is 1. The number of esters is 1. The molecule has 0 saturated heterocycles. The third kappa shape index (κ3) is 11.8. The lowest BCUT2D eigenvalue weighted by Gasteiger charge is -2.25. The topological polar surface area (TPSA) is 148 Å². The van der Waals surface area contributed by atoms with Gasteiger partial charge >= 0.3 is 5.97 Å². The molecule has 1 aliphatic rings. The zero-order chi connectivity index (χ0) is 30.2. The molecule has 2 rings (SSSR count). The summed E-state index contributed by atoms with van der Waals surface area (Å²) < 4.78 is 9.89. The van der Waals surface area contributed by atoms with E-state index in [-0.39, 0.29) is 47.2 Å². The van der Waals surface area contributed by atoms with Crippen LogP contribution in [0.3, 0.4) is 0 Å². The first kappa shape index (κ1) is 34.3. The Labute approximate surface area is 243 Å². The van der Waals surface area contributed by atoms with Crippen molar-refractivity contribution >= 4 is 23.3 Å². The van der Waals surface area contributed by atoms with E-state index in [1.54, 1.807) is 6.07 Å². The minimum atomic E-state index is -0.948. The van der Waals surface area contributed by atoms with Gasteiger partial charge in [-0.05, 0) is 49.3 Å². The summed E-state index contributed by atoms with van der Waals surface area (Å²) in [7, 11) is 2.60. The molecule has 3 N–H and O–H groups in total. The second kappa shape index (κ2) is 18.5. The lowest BCUT2D eigenvalue weighted by molar-refractivity contribution is -0.145. The normalized spacial score (nSPS) is 18.3. The molecule has 4 atom stereocenters. The van der Waals surface area contributed by atoms with Crippen molar-refractivity contribution in [2.24, 2.45) is 11.8 Å². The van der Waals surface area contributed by atoms with Crippen molar-refractivity contribution in [3.05, 3.63) is 41.1 Å². The summed E-state index contributed by atoms with van der Waals surface area (Å²) in [5, 5.41) is 33.3. The molecule has 230 valence electrons. The quantitative estimate of drug-likeness (QED) is 0.0894. The number of Topliss-reactive ketones (excluding diaryl/α,β-unsaturated/α-hetero) is 1. The predicted octanol–water partition coefficient (Wildman–Crippen LogP) is 5.02. The summed E-state index contributed by atoms with van der Waals surface area (Å²) >= 11 is 0. The van der Waals surface area contributed by atoms with Gasteiger partial charge in [-0.15, -0.1) is 0 Å². The molecule has 0 aliphatic heterocycles. The molecule has 0 bridgehead atoms. The van der Waals surface area contributed by atoms with E-state index in [0.717, 1.165) is 57.8 Å². The maximum absolute atomic E-state index is 12.6. The Morgan fingerprint density at radius 3 is 2.61 bits per heavy atom. The summed E-state index contributed by atoms with van der Waals surface area (Å²) in [6.07, 6.45) is 13.3. The average molecular weight is 576 g/mol. The average Bonchev–Trinajstić information content (AvgIpc) is 3.31. The Hall–Kier alpha value is -2.95. The number of ether oxygens (including phenoxy) is 2. The van der Waals surface area contributed by atoms with Gasteiger partial charge < -0.3 is 30.3 Å². The van der Waals surface area contributed by atoms with Crippen LogP contribution in [0.2, 0.25) is 0 Å². The minimum Gasteiger partial charge on any atom is -0.733 e. The van der Waals surface area contributed by atoms with Gasteiger partial charge in [0.05, 0.1) is 26.0 Å². The third-order valence-electron chi connectivity index (χ3n) is 7.72. The number of aliphatic hydroxyl groups excluding tert-OH is 1. The predicted molar refractivity (Wildman–Crippen MR) is 156 cm³/mol. The maximum Gasteiger partial charge on any atom is 0.328 e.